The van der Waals surface area contributed by atoms with Gasteiger partial charge in [-0.2, -0.15) is 0 Å². The average molecular weight is 350 g/mol. The van der Waals surface area contributed by atoms with Crippen LogP contribution >= 0.6 is 27.5 Å². The van der Waals surface area contributed by atoms with Crippen molar-refractivity contribution in [3.8, 4) is 0 Å². The van der Waals surface area contributed by atoms with Gasteiger partial charge in [0.1, 0.15) is 0 Å². The molecule has 2 N–H and O–H groups in total. The molecule has 0 aliphatic carbocycles. The minimum absolute atomic E-state index is 0.188. The second kappa shape index (κ2) is 5.31. The number of anilines is 1. The first-order valence-corrected chi connectivity index (χ1v) is 7.15. The lowest BCUT2D eigenvalue weighted by atomic mass is 10.1. The molecule has 0 saturated heterocycles. The number of carbonyl (C=O) groups excluding carboxylic acids is 1. The minimum Gasteiger partial charge on any atom is -0.360 e. The summed E-state index contributed by atoms with van der Waals surface area (Å²) in [5.41, 5.74) is 2.12. The van der Waals surface area contributed by atoms with Gasteiger partial charge in [0, 0.05) is 21.6 Å². The Hall–Kier alpha value is -1.78. The van der Waals surface area contributed by atoms with Crippen LogP contribution in [0.2, 0.25) is 5.02 Å². The van der Waals surface area contributed by atoms with Gasteiger partial charge in [-0.15, -0.1) is 0 Å². The number of halogens is 2. The summed E-state index contributed by atoms with van der Waals surface area (Å²) in [6.07, 6.45) is 1.70. The van der Waals surface area contributed by atoms with Crippen LogP contribution in [0.1, 0.15) is 10.4 Å². The van der Waals surface area contributed by atoms with Gasteiger partial charge < -0.3 is 10.3 Å². The van der Waals surface area contributed by atoms with Gasteiger partial charge >= 0.3 is 0 Å². The fraction of sp³-hybridized carbons (Fsp3) is 0. The third kappa shape index (κ3) is 2.44. The summed E-state index contributed by atoms with van der Waals surface area (Å²) in [6, 6.07) is 13.0. The molecule has 0 spiro atoms. The summed E-state index contributed by atoms with van der Waals surface area (Å²) >= 11 is 9.43. The molecule has 1 aromatic heterocycles. The zero-order chi connectivity index (χ0) is 14.1. The van der Waals surface area contributed by atoms with Crippen LogP contribution in [0.3, 0.4) is 0 Å². The van der Waals surface area contributed by atoms with E-state index < -0.39 is 0 Å². The standard InChI is InChI=1S/C15H10BrClN2O/c16-9-5-6-14(12(17)7-9)19-15(20)11-8-18-13-4-2-1-3-10(11)13/h1-8,18H,(H,19,20). The third-order valence-corrected chi connectivity index (χ3v) is 3.82. The van der Waals surface area contributed by atoms with Gasteiger partial charge in [0.2, 0.25) is 0 Å². The summed E-state index contributed by atoms with van der Waals surface area (Å²) in [5, 5.41) is 4.20. The van der Waals surface area contributed by atoms with Crippen LogP contribution in [0, 0.1) is 0 Å². The summed E-state index contributed by atoms with van der Waals surface area (Å²) in [5.74, 6) is -0.188. The second-order valence-corrected chi connectivity index (χ2v) is 5.65. The maximum absolute atomic E-state index is 12.3. The van der Waals surface area contributed by atoms with Gasteiger partial charge in [0.05, 0.1) is 16.3 Å². The molecule has 0 atom stereocenters. The SMILES string of the molecule is O=C(Nc1ccc(Br)cc1Cl)c1c[nH]c2ccccc12. The van der Waals surface area contributed by atoms with Crippen LogP contribution in [0.15, 0.2) is 53.1 Å². The van der Waals surface area contributed by atoms with E-state index in [0.29, 0.717) is 16.3 Å². The van der Waals surface area contributed by atoms with Crippen LogP contribution in [0.25, 0.3) is 10.9 Å². The highest BCUT2D eigenvalue weighted by atomic mass is 79.9. The highest BCUT2D eigenvalue weighted by molar-refractivity contribution is 9.10. The fourth-order valence-corrected chi connectivity index (χ4v) is 2.76. The first-order chi connectivity index (χ1) is 9.65. The number of para-hydroxylation sites is 1. The van der Waals surface area contributed by atoms with Crippen LogP contribution < -0.4 is 5.32 Å². The highest BCUT2D eigenvalue weighted by Crippen LogP contribution is 2.27. The lowest BCUT2D eigenvalue weighted by Crippen LogP contribution is -2.11. The Morgan fingerprint density at radius 2 is 2.00 bits per heavy atom. The summed E-state index contributed by atoms with van der Waals surface area (Å²) in [7, 11) is 0. The Morgan fingerprint density at radius 1 is 1.20 bits per heavy atom. The number of amides is 1. The monoisotopic (exact) mass is 348 g/mol. The lowest BCUT2D eigenvalue weighted by Gasteiger charge is -2.07. The molecule has 1 heterocycles. The summed E-state index contributed by atoms with van der Waals surface area (Å²) < 4.78 is 0.868. The molecule has 0 aliphatic heterocycles. The molecule has 1 amide bonds. The van der Waals surface area contributed by atoms with Gasteiger partial charge in [-0.25, -0.2) is 0 Å². The predicted octanol–water partition coefficient (Wildman–Crippen LogP) is 4.84. The molecule has 20 heavy (non-hydrogen) atoms. The van der Waals surface area contributed by atoms with Crippen molar-refractivity contribution in [1.29, 1.82) is 0 Å². The number of carbonyl (C=O) groups is 1. The van der Waals surface area contributed by atoms with E-state index in [4.69, 9.17) is 11.6 Å². The van der Waals surface area contributed by atoms with E-state index >= 15 is 0 Å². The predicted molar refractivity (Wildman–Crippen MR) is 85.4 cm³/mol. The number of aromatic amines is 1. The Morgan fingerprint density at radius 3 is 2.80 bits per heavy atom. The van der Waals surface area contributed by atoms with Crippen molar-refractivity contribution >= 4 is 50.0 Å². The van der Waals surface area contributed by atoms with Gasteiger partial charge in [-0.05, 0) is 24.3 Å². The average Bonchev–Trinajstić information content (AvgIpc) is 2.86. The third-order valence-electron chi connectivity index (χ3n) is 3.01. The zero-order valence-electron chi connectivity index (χ0n) is 10.3. The van der Waals surface area contributed by atoms with Crippen LogP contribution in [0.5, 0.6) is 0 Å². The molecule has 5 heteroatoms. The van der Waals surface area contributed by atoms with E-state index in [1.165, 1.54) is 0 Å². The van der Waals surface area contributed by atoms with E-state index in [1.54, 1.807) is 18.3 Å². The molecule has 0 bridgehead atoms. The quantitative estimate of drug-likeness (QED) is 0.683. The number of rotatable bonds is 2. The molecule has 3 nitrogen and oxygen atoms in total. The van der Waals surface area contributed by atoms with Gasteiger partial charge in [-0.3, -0.25) is 4.79 Å². The lowest BCUT2D eigenvalue weighted by molar-refractivity contribution is 0.102. The van der Waals surface area contributed by atoms with Crippen LogP contribution in [-0.2, 0) is 0 Å². The normalized spacial score (nSPS) is 10.7. The van der Waals surface area contributed by atoms with Crippen molar-refractivity contribution in [1.82, 2.24) is 4.98 Å². The first kappa shape index (κ1) is 13.2. The number of hydrogen-bond acceptors (Lipinski definition) is 1. The van der Waals surface area contributed by atoms with Crippen LogP contribution in [-0.4, -0.2) is 10.9 Å². The molecule has 0 fully saturated rings. The van der Waals surface area contributed by atoms with Gasteiger partial charge in [-0.1, -0.05) is 45.7 Å². The number of nitrogens with one attached hydrogen (secondary N) is 2. The highest BCUT2D eigenvalue weighted by Gasteiger charge is 2.13. The number of benzene rings is 2. The van der Waals surface area contributed by atoms with Gasteiger partial charge in [0.25, 0.3) is 5.91 Å². The Balaban J connectivity index is 1.93. The molecular weight excluding hydrogens is 340 g/mol. The molecule has 0 aliphatic rings. The Bertz CT molecular complexity index is 797. The zero-order valence-corrected chi connectivity index (χ0v) is 12.6. The van der Waals surface area contributed by atoms with Crippen molar-refractivity contribution < 1.29 is 4.79 Å². The van der Waals surface area contributed by atoms with Gasteiger partial charge in [0.15, 0.2) is 0 Å². The van der Waals surface area contributed by atoms with Crippen molar-refractivity contribution in [3.05, 3.63) is 63.7 Å². The molecule has 0 saturated carbocycles. The van der Waals surface area contributed by atoms with E-state index in [2.05, 4.69) is 26.2 Å². The number of hydrogen-bond donors (Lipinski definition) is 2. The summed E-state index contributed by atoms with van der Waals surface area (Å²) in [6.45, 7) is 0. The number of H-pyrrole nitrogens is 1. The largest absolute Gasteiger partial charge is 0.360 e. The molecule has 0 radical (unpaired) electrons. The van der Waals surface area contributed by atoms with Crippen molar-refractivity contribution in [2.75, 3.05) is 5.32 Å². The Labute approximate surface area is 129 Å². The van der Waals surface area contributed by atoms with E-state index in [-0.39, 0.29) is 5.91 Å². The second-order valence-electron chi connectivity index (χ2n) is 4.33. The molecule has 3 aromatic rings. The van der Waals surface area contributed by atoms with Crippen molar-refractivity contribution in [2.24, 2.45) is 0 Å². The molecule has 2 aromatic carbocycles. The maximum Gasteiger partial charge on any atom is 0.257 e. The van der Waals surface area contributed by atoms with Crippen LogP contribution in [0.4, 0.5) is 5.69 Å². The van der Waals surface area contributed by atoms with E-state index in [9.17, 15) is 4.79 Å². The van der Waals surface area contributed by atoms with Crippen molar-refractivity contribution in [3.63, 3.8) is 0 Å². The molecule has 100 valence electrons. The minimum atomic E-state index is -0.188. The summed E-state index contributed by atoms with van der Waals surface area (Å²) in [4.78, 5) is 15.4. The number of aromatic nitrogens is 1. The number of fused-ring (bicyclic) bond motifs is 1. The molecular formula is C15H10BrClN2O. The van der Waals surface area contributed by atoms with Crippen molar-refractivity contribution in [2.45, 2.75) is 0 Å². The van der Waals surface area contributed by atoms with E-state index in [0.717, 1.165) is 15.4 Å². The fourth-order valence-electron chi connectivity index (χ4n) is 2.04. The smallest absolute Gasteiger partial charge is 0.257 e. The Kier molecular flexibility index (Phi) is 3.51. The molecule has 3 rings (SSSR count). The first-order valence-electron chi connectivity index (χ1n) is 5.97. The molecule has 0 unspecified atom stereocenters. The topological polar surface area (TPSA) is 44.9 Å². The van der Waals surface area contributed by atoms with E-state index in [1.807, 2.05) is 30.3 Å². The maximum atomic E-state index is 12.3.